The molecule has 3 aromatic rings. The second-order valence-corrected chi connectivity index (χ2v) is 6.82. The van der Waals surface area contributed by atoms with E-state index in [4.69, 9.17) is 14.2 Å². The smallest absolute Gasteiger partial charge is 0.231 e. The monoisotopic (exact) mass is 370 g/mol. The fraction of sp³-hybridized carbons (Fsp3) is 0.368. The highest BCUT2D eigenvalue weighted by Gasteiger charge is 2.34. The second kappa shape index (κ2) is 6.79. The normalized spacial score (nSPS) is 22.0. The third-order valence-corrected chi connectivity index (χ3v) is 4.88. The molecule has 0 amide bonds. The van der Waals surface area contributed by atoms with E-state index in [0.29, 0.717) is 25.5 Å². The van der Waals surface area contributed by atoms with E-state index in [1.54, 1.807) is 12.4 Å². The number of nitrogens with zero attached hydrogens (tertiary/aromatic N) is 3. The minimum absolute atomic E-state index is 0.248. The van der Waals surface area contributed by atoms with Gasteiger partial charge in [0.1, 0.15) is 24.7 Å². The van der Waals surface area contributed by atoms with Gasteiger partial charge in [-0.1, -0.05) is 6.07 Å². The molecule has 1 aromatic carbocycles. The lowest BCUT2D eigenvalue weighted by molar-refractivity contribution is 0.00863. The van der Waals surface area contributed by atoms with Crippen LogP contribution in [0.2, 0.25) is 0 Å². The van der Waals surface area contributed by atoms with Crippen molar-refractivity contribution in [2.24, 2.45) is 0 Å². The molecule has 1 N–H and O–H groups in total. The maximum atomic E-state index is 14.4. The standard InChI is InChI=1S/C19H19FN4O3/c20-13-8-24(7-12-1-2-16-17(5-12)27-11-26-16)9-18(13)25-10-19-22-14-3-4-21-6-15(14)23-19/h1-6,13,18H,7-11H2,(H,22,23). The molecule has 0 radical (unpaired) electrons. The number of hydrogen-bond acceptors (Lipinski definition) is 6. The van der Waals surface area contributed by atoms with Crippen molar-refractivity contribution >= 4 is 11.0 Å². The van der Waals surface area contributed by atoms with E-state index >= 15 is 0 Å². The first-order valence-electron chi connectivity index (χ1n) is 8.90. The molecule has 1 fully saturated rings. The summed E-state index contributed by atoms with van der Waals surface area (Å²) in [6.45, 7) is 2.04. The van der Waals surface area contributed by atoms with E-state index in [9.17, 15) is 4.39 Å². The number of alkyl halides is 1. The molecule has 7 nitrogen and oxygen atoms in total. The molecular formula is C19H19FN4O3. The Bertz CT molecular complexity index is 930. The summed E-state index contributed by atoms with van der Waals surface area (Å²) in [6, 6.07) is 7.66. The highest BCUT2D eigenvalue weighted by atomic mass is 19.1. The molecule has 2 aliphatic rings. The molecule has 4 heterocycles. The molecule has 27 heavy (non-hydrogen) atoms. The number of pyridine rings is 1. The van der Waals surface area contributed by atoms with Crippen LogP contribution in [-0.4, -0.2) is 52.0 Å². The van der Waals surface area contributed by atoms with Crippen molar-refractivity contribution in [1.29, 1.82) is 0 Å². The van der Waals surface area contributed by atoms with Crippen LogP contribution in [0.1, 0.15) is 11.4 Å². The van der Waals surface area contributed by atoms with E-state index in [0.717, 1.165) is 28.1 Å². The van der Waals surface area contributed by atoms with Crippen molar-refractivity contribution in [2.75, 3.05) is 19.9 Å². The quantitative estimate of drug-likeness (QED) is 0.744. The zero-order valence-corrected chi connectivity index (χ0v) is 14.6. The van der Waals surface area contributed by atoms with Crippen LogP contribution >= 0.6 is 0 Å². The van der Waals surface area contributed by atoms with Gasteiger partial charge in [0.25, 0.3) is 0 Å². The Hall–Kier alpha value is -2.71. The summed E-state index contributed by atoms with van der Waals surface area (Å²) in [5.74, 6) is 2.18. The number of H-pyrrole nitrogens is 1. The van der Waals surface area contributed by atoms with Gasteiger partial charge in [0, 0.05) is 25.8 Å². The molecule has 0 bridgehead atoms. The summed E-state index contributed by atoms with van der Waals surface area (Å²) >= 11 is 0. The highest BCUT2D eigenvalue weighted by molar-refractivity contribution is 5.73. The van der Waals surface area contributed by atoms with Crippen LogP contribution in [0.15, 0.2) is 36.7 Å². The van der Waals surface area contributed by atoms with Gasteiger partial charge in [0.05, 0.1) is 17.2 Å². The highest BCUT2D eigenvalue weighted by Crippen LogP contribution is 2.33. The van der Waals surface area contributed by atoms with Crippen molar-refractivity contribution in [3.8, 4) is 11.5 Å². The molecule has 0 saturated carbocycles. The third kappa shape index (κ3) is 3.33. The second-order valence-electron chi connectivity index (χ2n) is 6.82. The van der Waals surface area contributed by atoms with E-state index in [1.165, 1.54) is 0 Å². The molecule has 5 rings (SSSR count). The average molecular weight is 370 g/mol. The van der Waals surface area contributed by atoms with Gasteiger partial charge in [-0.2, -0.15) is 0 Å². The molecular weight excluding hydrogens is 351 g/mol. The Labute approximate surface area is 155 Å². The van der Waals surface area contributed by atoms with Crippen LogP contribution in [0.4, 0.5) is 4.39 Å². The molecule has 0 aliphatic carbocycles. The number of halogens is 1. The predicted molar refractivity (Wildman–Crippen MR) is 95.2 cm³/mol. The number of aromatic amines is 1. The summed E-state index contributed by atoms with van der Waals surface area (Å²) in [5, 5.41) is 0. The van der Waals surface area contributed by atoms with Crippen LogP contribution in [0.3, 0.4) is 0 Å². The Morgan fingerprint density at radius 3 is 3.07 bits per heavy atom. The topological polar surface area (TPSA) is 72.5 Å². The summed E-state index contributed by atoms with van der Waals surface area (Å²) in [4.78, 5) is 13.7. The number of hydrogen-bond donors (Lipinski definition) is 1. The van der Waals surface area contributed by atoms with Crippen molar-refractivity contribution in [2.45, 2.75) is 25.4 Å². The lowest BCUT2D eigenvalue weighted by atomic mass is 10.2. The fourth-order valence-electron chi connectivity index (χ4n) is 3.56. The van der Waals surface area contributed by atoms with Gasteiger partial charge in [0.2, 0.25) is 6.79 Å². The van der Waals surface area contributed by atoms with E-state index < -0.39 is 12.3 Å². The average Bonchev–Trinajstić information content (AvgIpc) is 3.37. The molecule has 8 heteroatoms. The Morgan fingerprint density at radius 2 is 2.15 bits per heavy atom. The molecule has 0 spiro atoms. The zero-order valence-electron chi connectivity index (χ0n) is 14.6. The number of aromatic nitrogens is 3. The molecule has 2 unspecified atom stereocenters. The molecule has 1 saturated heterocycles. The van der Waals surface area contributed by atoms with Crippen molar-refractivity contribution in [3.63, 3.8) is 0 Å². The first kappa shape index (κ1) is 16.5. The lowest BCUT2D eigenvalue weighted by Gasteiger charge is -2.16. The number of fused-ring (bicyclic) bond motifs is 2. The first-order valence-corrected chi connectivity index (χ1v) is 8.90. The Kier molecular flexibility index (Phi) is 4.14. The van der Waals surface area contributed by atoms with Crippen LogP contribution in [-0.2, 0) is 17.9 Å². The predicted octanol–water partition coefficient (Wildman–Crippen LogP) is 2.43. The minimum Gasteiger partial charge on any atom is -0.454 e. The van der Waals surface area contributed by atoms with E-state index in [-0.39, 0.29) is 13.4 Å². The van der Waals surface area contributed by atoms with Crippen molar-refractivity contribution in [1.82, 2.24) is 19.9 Å². The number of imidazole rings is 1. The van der Waals surface area contributed by atoms with Gasteiger partial charge in [-0.25, -0.2) is 9.37 Å². The van der Waals surface area contributed by atoms with Crippen LogP contribution in [0.5, 0.6) is 11.5 Å². The number of nitrogens with one attached hydrogen (secondary N) is 1. The van der Waals surface area contributed by atoms with Gasteiger partial charge in [0.15, 0.2) is 11.5 Å². The number of likely N-dealkylation sites (tertiary alicyclic amines) is 1. The number of benzene rings is 1. The van der Waals surface area contributed by atoms with Crippen LogP contribution in [0, 0.1) is 0 Å². The van der Waals surface area contributed by atoms with Gasteiger partial charge in [-0.15, -0.1) is 0 Å². The fourth-order valence-corrected chi connectivity index (χ4v) is 3.56. The van der Waals surface area contributed by atoms with Gasteiger partial charge >= 0.3 is 0 Å². The lowest BCUT2D eigenvalue weighted by Crippen LogP contribution is -2.24. The first-order chi connectivity index (χ1) is 13.2. The largest absolute Gasteiger partial charge is 0.454 e. The Balaban J connectivity index is 1.19. The van der Waals surface area contributed by atoms with Gasteiger partial charge in [-0.3, -0.25) is 9.88 Å². The molecule has 2 atom stereocenters. The number of rotatable bonds is 5. The molecule has 2 aromatic heterocycles. The minimum atomic E-state index is -1.02. The maximum Gasteiger partial charge on any atom is 0.231 e. The zero-order chi connectivity index (χ0) is 18.2. The van der Waals surface area contributed by atoms with Crippen molar-refractivity contribution in [3.05, 3.63) is 48.0 Å². The van der Waals surface area contributed by atoms with Crippen LogP contribution < -0.4 is 9.47 Å². The van der Waals surface area contributed by atoms with E-state index in [1.807, 2.05) is 24.3 Å². The summed E-state index contributed by atoms with van der Waals surface area (Å²) in [6.07, 6.45) is 1.92. The SMILES string of the molecule is FC1CN(Cc2ccc3c(c2)OCO3)CC1OCc1nc2ccncc2[nH]1. The van der Waals surface area contributed by atoms with Gasteiger partial charge < -0.3 is 19.2 Å². The third-order valence-electron chi connectivity index (χ3n) is 4.88. The van der Waals surface area contributed by atoms with Gasteiger partial charge in [-0.05, 0) is 23.8 Å². The molecule has 2 aliphatic heterocycles. The van der Waals surface area contributed by atoms with Crippen LogP contribution in [0.25, 0.3) is 11.0 Å². The summed E-state index contributed by atoms with van der Waals surface area (Å²) in [5.41, 5.74) is 2.75. The Morgan fingerprint density at radius 1 is 1.22 bits per heavy atom. The maximum absolute atomic E-state index is 14.4. The molecule has 140 valence electrons. The summed E-state index contributed by atoms with van der Waals surface area (Å²) < 4.78 is 30.9. The summed E-state index contributed by atoms with van der Waals surface area (Å²) in [7, 11) is 0. The number of ether oxygens (including phenoxy) is 3. The van der Waals surface area contributed by atoms with Crippen molar-refractivity contribution < 1.29 is 18.6 Å². The van der Waals surface area contributed by atoms with E-state index in [2.05, 4.69) is 19.9 Å².